The maximum Gasteiger partial charge on any atom is 0.212 e. The molecule has 0 atom stereocenters. The molecule has 4 aromatic rings. The minimum atomic E-state index is -4.27. The highest BCUT2D eigenvalue weighted by Gasteiger charge is 2.18. The first-order valence-corrected chi connectivity index (χ1v) is 16.6. The summed E-state index contributed by atoms with van der Waals surface area (Å²) >= 11 is 6.90. The molecule has 0 spiro atoms. The fourth-order valence-electron chi connectivity index (χ4n) is 5.65. The predicted molar refractivity (Wildman–Crippen MR) is 179 cm³/mol. The fraction of sp³-hybridized carbons (Fsp3) is 0.216. The summed E-state index contributed by atoms with van der Waals surface area (Å²) in [4.78, 5) is 2.14. The van der Waals surface area contributed by atoms with Gasteiger partial charge < -0.3 is 9.45 Å². The van der Waals surface area contributed by atoms with Gasteiger partial charge in [0.15, 0.2) is 0 Å². The summed E-state index contributed by atoms with van der Waals surface area (Å²) in [6.45, 7) is 1.82. The fourth-order valence-corrected chi connectivity index (χ4v) is 6.44. The Bertz CT molecular complexity index is 1910. The highest BCUT2D eigenvalue weighted by Crippen LogP contribution is 2.35. The van der Waals surface area contributed by atoms with Gasteiger partial charge in [-0.2, -0.15) is 4.57 Å². The first-order chi connectivity index (χ1) is 21.1. The Kier molecular flexibility index (Phi) is 9.84. The van der Waals surface area contributed by atoms with Gasteiger partial charge in [0.05, 0.1) is 4.90 Å². The molecular formula is C37H37ClN2O3S. The zero-order chi connectivity index (χ0) is 31.3. The van der Waals surface area contributed by atoms with Crippen LogP contribution >= 0.6 is 11.6 Å². The van der Waals surface area contributed by atoms with E-state index in [4.69, 9.17) is 11.6 Å². The number of benzene rings is 3. The predicted octanol–water partition coefficient (Wildman–Crippen LogP) is 8.15. The number of para-hydroxylation sites is 2. The average Bonchev–Trinajstić information content (AvgIpc) is 3.02. The largest absolute Gasteiger partial charge is 0.744 e. The van der Waals surface area contributed by atoms with Gasteiger partial charge in [-0.05, 0) is 92.1 Å². The van der Waals surface area contributed by atoms with Crippen LogP contribution in [-0.4, -0.2) is 20.0 Å². The quantitative estimate of drug-likeness (QED) is 0.170. The van der Waals surface area contributed by atoms with Crippen LogP contribution in [-0.2, 0) is 23.6 Å². The summed E-state index contributed by atoms with van der Waals surface area (Å²) in [5.41, 5.74) is 9.88. The third kappa shape index (κ3) is 7.39. The minimum Gasteiger partial charge on any atom is -0.744 e. The molecule has 2 heterocycles. The van der Waals surface area contributed by atoms with Gasteiger partial charge in [-0.25, -0.2) is 8.42 Å². The van der Waals surface area contributed by atoms with Gasteiger partial charge in [-0.3, -0.25) is 0 Å². The Labute approximate surface area is 265 Å². The third-order valence-electron chi connectivity index (χ3n) is 8.25. The molecule has 2 aliphatic rings. The van der Waals surface area contributed by atoms with Crippen molar-refractivity contribution >= 4 is 44.4 Å². The lowest BCUT2D eigenvalue weighted by molar-refractivity contribution is -0.646. The van der Waals surface area contributed by atoms with Crippen molar-refractivity contribution in [2.75, 3.05) is 11.9 Å². The Balaban J connectivity index is 0.000000296. The van der Waals surface area contributed by atoms with Crippen LogP contribution in [0.5, 0.6) is 0 Å². The number of hydrogen-bond donors (Lipinski definition) is 0. The summed E-state index contributed by atoms with van der Waals surface area (Å²) in [5, 5.41) is 2.16. The van der Waals surface area contributed by atoms with Gasteiger partial charge in [-0.15, -0.1) is 0 Å². The highest BCUT2D eigenvalue weighted by molar-refractivity contribution is 7.85. The Hall–Kier alpha value is -3.97. The van der Waals surface area contributed by atoms with Crippen molar-refractivity contribution in [2.24, 2.45) is 7.05 Å². The first kappa shape index (κ1) is 31.5. The number of rotatable bonds is 4. The molecule has 7 heteroatoms. The standard InChI is InChI=1S/C30H30ClN2.C7H8O3S/c1-32-26(18-14-22-8-3-5-12-28(22)32)20-16-24-10-7-11-25(30(24)31)17-21-27-19-15-23-9-4-6-13-29(23)33(27)2;1-6-2-4-7(5-3-6)11(8,9)10/h3-6,8-9,12-14,16-18,20-21H,7,10-11,15,19H2,1-2H3;2-5H,1H3,(H,8,9,10)/q+1;/p-1. The molecule has 6 rings (SSSR count). The number of hydrogen-bond acceptors (Lipinski definition) is 4. The van der Waals surface area contributed by atoms with E-state index in [2.05, 4.69) is 109 Å². The van der Waals surface area contributed by atoms with Crippen molar-refractivity contribution in [3.05, 3.63) is 142 Å². The number of halogens is 1. The van der Waals surface area contributed by atoms with Crippen LogP contribution in [0, 0.1) is 6.92 Å². The molecule has 0 radical (unpaired) electrons. The zero-order valence-corrected chi connectivity index (χ0v) is 26.9. The zero-order valence-electron chi connectivity index (χ0n) is 25.3. The number of allylic oxidation sites excluding steroid dienone is 7. The summed E-state index contributed by atoms with van der Waals surface area (Å²) in [5.74, 6) is 0. The van der Waals surface area contributed by atoms with Gasteiger partial charge in [0.2, 0.25) is 11.2 Å². The lowest BCUT2D eigenvalue weighted by Gasteiger charge is -2.30. The molecule has 0 saturated heterocycles. The van der Waals surface area contributed by atoms with E-state index in [1.54, 1.807) is 12.1 Å². The second-order valence-electron chi connectivity index (χ2n) is 11.2. The Morgan fingerprint density at radius 1 is 0.841 bits per heavy atom. The molecule has 3 aromatic carbocycles. The molecule has 0 amide bonds. The van der Waals surface area contributed by atoms with Crippen LogP contribution in [0.3, 0.4) is 0 Å². The lowest BCUT2D eigenvalue weighted by atomic mass is 9.93. The van der Waals surface area contributed by atoms with Crippen LogP contribution in [0.2, 0.25) is 0 Å². The second kappa shape index (κ2) is 13.8. The van der Waals surface area contributed by atoms with Crippen LogP contribution in [0.25, 0.3) is 17.0 Å². The molecule has 0 fully saturated rings. The Morgan fingerprint density at radius 2 is 1.57 bits per heavy atom. The van der Waals surface area contributed by atoms with E-state index in [1.165, 1.54) is 56.8 Å². The number of aryl methyl sites for hydroxylation is 3. The summed E-state index contributed by atoms with van der Waals surface area (Å²) in [6.07, 6.45) is 14.2. The number of aromatic nitrogens is 1. The van der Waals surface area contributed by atoms with E-state index in [0.717, 1.165) is 42.7 Å². The summed E-state index contributed by atoms with van der Waals surface area (Å²) in [6, 6.07) is 27.3. The molecule has 0 bridgehead atoms. The molecule has 0 unspecified atom stereocenters. The lowest BCUT2D eigenvalue weighted by Crippen LogP contribution is -2.32. The van der Waals surface area contributed by atoms with Gasteiger partial charge in [0, 0.05) is 47.1 Å². The highest BCUT2D eigenvalue weighted by atomic mass is 35.5. The number of pyridine rings is 1. The first-order valence-electron chi connectivity index (χ1n) is 14.8. The monoisotopic (exact) mass is 624 g/mol. The van der Waals surface area contributed by atoms with Gasteiger partial charge >= 0.3 is 0 Å². The van der Waals surface area contributed by atoms with Crippen molar-refractivity contribution in [1.82, 2.24) is 0 Å². The van der Waals surface area contributed by atoms with Gasteiger partial charge in [0.25, 0.3) is 0 Å². The molecular weight excluding hydrogens is 588 g/mol. The number of anilines is 1. The molecule has 0 N–H and O–H groups in total. The van der Waals surface area contributed by atoms with Crippen molar-refractivity contribution in [2.45, 2.75) is 43.9 Å². The van der Waals surface area contributed by atoms with E-state index >= 15 is 0 Å². The molecule has 44 heavy (non-hydrogen) atoms. The molecule has 5 nitrogen and oxygen atoms in total. The van der Waals surface area contributed by atoms with Crippen molar-refractivity contribution in [3.8, 4) is 0 Å². The van der Waals surface area contributed by atoms with Gasteiger partial charge in [-0.1, -0.05) is 71.8 Å². The topological polar surface area (TPSA) is 64.3 Å². The van der Waals surface area contributed by atoms with Gasteiger partial charge in [0.1, 0.15) is 17.2 Å². The second-order valence-corrected chi connectivity index (χ2v) is 13.0. The van der Waals surface area contributed by atoms with Crippen LogP contribution < -0.4 is 9.47 Å². The number of nitrogens with zero attached hydrogens (tertiary/aromatic N) is 2. The normalized spacial score (nSPS) is 17.2. The SMILES string of the molecule is CN1/C(=C/C=C2\CCCC(/C=C/c3ccc4ccccc4[n+]3C)=C2Cl)CCc2ccccc21.Cc1ccc(S(=O)(=O)[O-])cc1. The maximum absolute atomic E-state index is 10.4. The smallest absolute Gasteiger partial charge is 0.212 e. The molecule has 0 saturated carbocycles. The third-order valence-corrected chi connectivity index (χ3v) is 9.59. The van der Waals surface area contributed by atoms with E-state index in [-0.39, 0.29) is 4.90 Å². The van der Waals surface area contributed by atoms with E-state index in [0.29, 0.717) is 0 Å². The molecule has 1 aliphatic carbocycles. The van der Waals surface area contributed by atoms with Crippen molar-refractivity contribution in [3.63, 3.8) is 0 Å². The molecule has 1 aromatic heterocycles. The summed E-state index contributed by atoms with van der Waals surface area (Å²) in [7, 11) is 0.0157. The van der Waals surface area contributed by atoms with Crippen LogP contribution in [0.1, 0.15) is 42.5 Å². The van der Waals surface area contributed by atoms with E-state index in [1.807, 2.05) is 6.92 Å². The van der Waals surface area contributed by atoms with E-state index < -0.39 is 10.1 Å². The molecule has 226 valence electrons. The van der Waals surface area contributed by atoms with Crippen LogP contribution in [0.4, 0.5) is 5.69 Å². The van der Waals surface area contributed by atoms with E-state index in [9.17, 15) is 13.0 Å². The minimum absolute atomic E-state index is 0.178. The molecule has 1 aliphatic heterocycles. The summed E-state index contributed by atoms with van der Waals surface area (Å²) < 4.78 is 33.4. The maximum atomic E-state index is 10.4. The van der Waals surface area contributed by atoms with Crippen molar-refractivity contribution < 1.29 is 17.5 Å². The average molecular weight is 625 g/mol. The number of fused-ring (bicyclic) bond motifs is 2. The van der Waals surface area contributed by atoms with Crippen LogP contribution in [0.15, 0.2) is 130 Å². The Morgan fingerprint density at radius 3 is 2.34 bits per heavy atom. The van der Waals surface area contributed by atoms with Crippen molar-refractivity contribution in [1.29, 1.82) is 0 Å².